The van der Waals surface area contributed by atoms with E-state index in [2.05, 4.69) is 586 Å². The third-order valence-electron chi connectivity index (χ3n) is 29.2. The van der Waals surface area contributed by atoms with Gasteiger partial charge < -0.3 is 27.4 Å². The lowest BCUT2D eigenvalue weighted by atomic mass is 9.99. The van der Waals surface area contributed by atoms with E-state index in [-0.39, 0.29) is 0 Å². The van der Waals surface area contributed by atoms with Crippen LogP contribution in [-0.2, 0) is 0 Å². The predicted molar refractivity (Wildman–Crippen MR) is 609 cm³/mol. The van der Waals surface area contributed by atoms with Crippen LogP contribution in [0.5, 0.6) is 0 Å². The van der Waals surface area contributed by atoms with E-state index >= 15 is 0 Å². The smallest absolute Gasteiger partial charge is 0.0619 e. The summed E-state index contributed by atoms with van der Waals surface area (Å²) in [4.78, 5) is 0. The van der Waals surface area contributed by atoms with Gasteiger partial charge in [0.2, 0.25) is 0 Å². The lowest BCUT2D eigenvalue weighted by Crippen LogP contribution is -1.96. The molecule has 6 heterocycles. The maximum Gasteiger partial charge on any atom is 0.0619 e. The lowest BCUT2D eigenvalue weighted by Gasteiger charge is -2.14. The van der Waals surface area contributed by atoms with Gasteiger partial charge in [-0.25, -0.2) is 0 Å². The molecule has 0 saturated carbocycles. The Balaban J connectivity index is 0.000000108. The van der Waals surface area contributed by atoms with Crippen LogP contribution in [0, 0.1) is 0 Å². The maximum atomic E-state index is 2.45. The summed E-state index contributed by atoms with van der Waals surface area (Å²) in [5.74, 6) is 0. The van der Waals surface area contributed by atoms with Crippen molar-refractivity contribution in [2.75, 3.05) is 0 Å². The van der Waals surface area contributed by atoms with Crippen LogP contribution in [-0.4, -0.2) is 27.4 Å². The number of nitrogens with zero attached hydrogens (tertiary/aromatic N) is 6. The first kappa shape index (κ1) is 84.2. The minimum atomic E-state index is 1.15. The van der Waals surface area contributed by atoms with Crippen LogP contribution in [0.1, 0.15) is 0 Å². The first-order valence-electron chi connectivity index (χ1n) is 49.5. The average molecular weight is 1830 g/mol. The predicted octanol–water partition coefficient (Wildman–Crippen LogP) is 37.0. The molecule has 0 radical (unpaired) electrons. The molecule has 0 fully saturated rings. The number of rotatable bonds is 14. The van der Waals surface area contributed by atoms with Crippen molar-refractivity contribution in [1.29, 1.82) is 0 Å². The largest absolute Gasteiger partial charge is 0.309 e. The Morgan fingerprint density at radius 2 is 0.271 bits per heavy atom. The summed E-state index contributed by atoms with van der Waals surface area (Å²) in [7, 11) is 0. The topological polar surface area (TPSA) is 29.6 Å². The first-order chi connectivity index (χ1) is 71.5. The zero-order chi connectivity index (χ0) is 95.1. The Morgan fingerprint density at radius 3 is 0.562 bits per heavy atom. The molecule has 144 heavy (non-hydrogen) atoms. The highest BCUT2D eigenvalue weighted by atomic mass is 15.0. The number of benzene rings is 23. The highest BCUT2D eigenvalue weighted by molar-refractivity contribution is 6.20. The van der Waals surface area contributed by atoms with Crippen LogP contribution in [0.25, 0.3) is 254 Å². The number of para-hydroxylation sites is 10. The molecule has 674 valence electrons. The van der Waals surface area contributed by atoms with Crippen LogP contribution in [0.3, 0.4) is 0 Å². The summed E-state index contributed by atoms with van der Waals surface area (Å²) in [6.45, 7) is 0. The van der Waals surface area contributed by atoms with E-state index in [1.165, 1.54) is 226 Å². The zero-order valence-corrected chi connectivity index (χ0v) is 78.8. The van der Waals surface area contributed by atoms with E-state index in [1.807, 2.05) is 0 Å². The fourth-order valence-electron chi connectivity index (χ4n) is 22.6. The highest BCUT2D eigenvalue weighted by Gasteiger charge is 2.25. The van der Waals surface area contributed by atoms with Crippen molar-refractivity contribution in [1.82, 2.24) is 27.4 Å². The number of hydrogen-bond acceptors (Lipinski definition) is 0. The molecule has 0 spiro atoms. The van der Waals surface area contributed by atoms with Gasteiger partial charge in [-0.1, -0.05) is 413 Å². The van der Waals surface area contributed by atoms with Gasteiger partial charge in [-0.3, -0.25) is 0 Å². The molecule has 0 atom stereocenters. The van der Waals surface area contributed by atoms with E-state index in [0.717, 1.165) is 28.4 Å². The Labute approximate surface area is 833 Å². The molecular formula is C138H92N6. The first-order valence-corrected chi connectivity index (χ1v) is 49.5. The summed E-state index contributed by atoms with van der Waals surface area (Å²) in [5, 5.41) is 15.1. The molecular weight excluding hydrogens is 1740 g/mol. The molecule has 0 aliphatic heterocycles. The summed E-state index contributed by atoms with van der Waals surface area (Å²) in [6.07, 6.45) is 0. The van der Waals surface area contributed by atoms with Gasteiger partial charge in [0.25, 0.3) is 0 Å². The second kappa shape index (κ2) is 35.7. The molecule has 0 N–H and O–H groups in total. The lowest BCUT2D eigenvalue weighted by molar-refractivity contribution is 1.18. The van der Waals surface area contributed by atoms with Crippen molar-refractivity contribution in [3.8, 4) is 123 Å². The molecule has 0 unspecified atom stereocenters. The van der Waals surface area contributed by atoms with Crippen molar-refractivity contribution in [2.45, 2.75) is 0 Å². The molecule has 0 aliphatic carbocycles. The highest BCUT2D eigenvalue weighted by Crippen LogP contribution is 2.48. The standard InChI is InChI=1S/2C48H32N2.C42H28N2/c1-3-13-33(14-4-1)35-25-28-38(29-26-35)49-45-23-9-8-20-42(45)44-32-37(27-30-47(44)49)40-21-12-22-43-41-19-7-10-24-46(41)50(48(40)43)39-18-11-17-36(31-39)34-15-5-2-6-16-34;1-3-12-33(13-4-1)35-22-27-38(28-23-35)49-45-20-9-8-17-42(45)44-32-37(26-31-47(44)49)40-18-11-19-43-41-16-7-10-21-46(41)50(48(40)43)39-29-24-36(25-30-39)34-14-5-2-6-15-34;1-3-12-29(13-4-1)30-22-25-33(26-23-30)43-39-20-9-8-17-36(39)38-28-31(24-27-41(38)43)34-18-11-19-37-35-16-7-10-21-40(35)44(42(34)37)32-14-5-2-6-15-32/h2*1-32H;1-28H. The summed E-state index contributed by atoms with van der Waals surface area (Å²) in [5.41, 5.74) is 41.0. The SMILES string of the molecule is c1ccc(-c2ccc(-n3c4ccccc4c4cc(-c5cccc6c7ccccc7n(-c7ccc(-c8ccccc8)cc7)c56)ccc43)cc2)cc1.c1ccc(-c2ccc(-n3c4ccccc4c4cc(-c5cccc6c7ccccc7n(-c7cccc(-c8ccccc8)c7)c56)ccc43)cc2)cc1.c1ccc(-c2ccc(-n3c4ccccc4c4cc(-c5cccc6c7ccccc7n(-c7ccccc7)c56)ccc43)cc2)cc1. The number of hydrogen-bond donors (Lipinski definition) is 0. The van der Waals surface area contributed by atoms with Crippen molar-refractivity contribution >= 4 is 131 Å². The molecule has 6 heteroatoms. The van der Waals surface area contributed by atoms with Crippen LogP contribution in [0.4, 0.5) is 0 Å². The van der Waals surface area contributed by atoms with E-state index in [4.69, 9.17) is 0 Å². The van der Waals surface area contributed by atoms with Gasteiger partial charge in [-0.05, 0) is 218 Å². The van der Waals surface area contributed by atoms with Crippen LogP contribution in [0.2, 0.25) is 0 Å². The fraction of sp³-hybridized carbons (Fsp3) is 0. The van der Waals surface area contributed by atoms with Gasteiger partial charge in [-0.15, -0.1) is 0 Å². The van der Waals surface area contributed by atoms with Gasteiger partial charge in [0.1, 0.15) is 0 Å². The number of fused-ring (bicyclic) bond motifs is 18. The van der Waals surface area contributed by atoms with Gasteiger partial charge in [0.15, 0.2) is 0 Å². The van der Waals surface area contributed by atoms with Crippen LogP contribution >= 0.6 is 0 Å². The molecule has 23 aromatic carbocycles. The summed E-state index contributed by atoms with van der Waals surface area (Å²) >= 11 is 0. The van der Waals surface area contributed by atoms with Crippen LogP contribution in [0.15, 0.2) is 558 Å². The van der Waals surface area contributed by atoms with Crippen molar-refractivity contribution in [3.63, 3.8) is 0 Å². The molecule has 29 aromatic rings. The molecule has 6 aromatic heterocycles. The molecule has 0 aliphatic rings. The van der Waals surface area contributed by atoms with Crippen molar-refractivity contribution < 1.29 is 0 Å². The third kappa shape index (κ3) is 14.6. The van der Waals surface area contributed by atoms with E-state index in [9.17, 15) is 0 Å². The Morgan fingerprint density at radius 1 is 0.0903 bits per heavy atom. The normalized spacial score (nSPS) is 11.6. The second-order valence-corrected chi connectivity index (χ2v) is 37.3. The van der Waals surface area contributed by atoms with Gasteiger partial charge >= 0.3 is 0 Å². The summed E-state index contributed by atoms with van der Waals surface area (Å²) in [6, 6.07) is 202. The molecule has 29 rings (SSSR count). The van der Waals surface area contributed by atoms with E-state index in [0.29, 0.717) is 0 Å². The van der Waals surface area contributed by atoms with E-state index < -0.39 is 0 Å². The molecule has 0 amide bonds. The van der Waals surface area contributed by atoms with Crippen molar-refractivity contribution in [3.05, 3.63) is 558 Å². The maximum absolute atomic E-state index is 2.45. The minimum absolute atomic E-state index is 1.15. The monoisotopic (exact) mass is 1830 g/mol. The second-order valence-electron chi connectivity index (χ2n) is 37.3. The van der Waals surface area contributed by atoms with Gasteiger partial charge in [0, 0.05) is 115 Å². The van der Waals surface area contributed by atoms with Crippen molar-refractivity contribution in [2.24, 2.45) is 0 Å². The molecule has 6 nitrogen and oxygen atoms in total. The van der Waals surface area contributed by atoms with Gasteiger partial charge in [0.05, 0.1) is 66.2 Å². The Kier molecular flexibility index (Phi) is 20.9. The summed E-state index contributed by atoms with van der Waals surface area (Å²) < 4.78 is 14.5. The molecule has 0 saturated heterocycles. The zero-order valence-electron chi connectivity index (χ0n) is 78.8. The van der Waals surface area contributed by atoms with E-state index in [1.54, 1.807) is 0 Å². The average Bonchev–Trinajstić information content (AvgIpc) is 1.58. The third-order valence-corrected chi connectivity index (χ3v) is 29.2. The Bertz CT molecular complexity index is 9940. The molecule has 0 bridgehead atoms. The van der Waals surface area contributed by atoms with Crippen LogP contribution < -0.4 is 0 Å². The number of aromatic nitrogens is 6. The Hall–Kier alpha value is -19.1. The van der Waals surface area contributed by atoms with Gasteiger partial charge in [-0.2, -0.15) is 0 Å². The minimum Gasteiger partial charge on any atom is -0.309 e. The quantitative estimate of drug-likeness (QED) is 0.104. The fourth-order valence-corrected chi connectivity index (χ4v) is 22.6.